The van der Waals surface area contributed by atoms with Gasteiger partial charge in [-0.3, -0.25) is 28.8 Å². The number of rotatable bonds is 13. The zero-order valence-corrected chi connectivity index (χ0v) is 27.2. The summed E-state index contributed by atoms with van der Waals surface area (Å²) in [5.41, 5.74) is 0.922. The van der Waals surface area contributed by atoms with Crippen molar-refractivity contribution >= 4 is 29.3 Å². The molecule has 2 aliphatic heterocycles. The molecule has 11 nitrogen and oxygen atoms in total. The van der Waals surface area contributed by atoms with Crippen LogP contribution in [-0.4, -0.2) is 87.5 Å². The van der Waals surface area contributed by atoms with Crippen LogP contribution in [0.25, 0.3) is 0 Å². The van der Waals surface area contributed by atoms with E-state index < -0.39 is 29.7 Å². The lowest BCUT2D eigenvalue weighted by atomic mass is 9.88. The van der Waals surface area contributed by atoms with E-state index in [-0.39, 0.29) is 41.8 Å². The maximum Gasteiger partial charge on any atom is 0.270 e. The minimum absolute atomic E-state index is 0.00417. The Morgan fingerprint density at radius 1 is 0.978 bits per heavy atom. The van der Waals surface area contributed by atoms with Gasteiger partial charge in [-0.15, -0.1) is 0 Å². The van der Waals surface area contributed by atoms with E-state index in [1.807, 2.05) is 18.7 Å². The summed E-state index contributed by atoms with van der Waals surface area (Å²) in [6.07, 6.45) is 6.75. The Hall–Kier alpha value is -3.80. The molecule has 12 heteroatoms. The topological polar surface area (TPSA) is 129 Å². The molecule has 3 heterocycles. The lowest BCUT2D eigenvalue weighted by molar-refractivity contribution is -0.138. The van der Waals surface area contributed by atoms with Crippen molar-refractivity contribution in [1.82, 2.24) is 30.2 Å². The molecule has 46 heavy (non-hydrogen) atoms. The highest BCUT2D eigenvalue weighted by atomic mass is 19.1. The molecule has 0 spiro atoms. The molecule has 3 N–H and O–H groups in total. The van der Waals surface area contributed by atoms with E-state index in [1.165, 1.54) is 12.1 Å². The fourth-order valence-corrected chi connectivity index (χ4v) is 7.53. The molecule has 2 aromatic rings. The number of nitrogens with one attached hydrogen (secondary N) is 3. The molecule has 4 aliphatic rings. The van der Waals surface area contributed by atoms with Crippen LogP contribution >= 0.6 is 0 Å². The van der Waals surface area contributed by atoms with E-state index >= 15 is 4.39 Å². The lowest BCUT2D eigenvalue weighted by Gasteiger charge is -2.36. The van der Waals surface area contributed by atoms with Gasteiger partial charge < -0.3 is 20.9 Å². The third-order valence-corrected chi connectivity index (χ3v) is 10.5. The largest absolute Gasteiger partial charge is 0.344 e. The van der Waals surface area contributed by atoms with Crippen molar-refractivity contribution in [3.05, 3.63) is 47.5 Å². The summed E-state index contributed by atoms with van der Waals surface area (Å²) in [7, 11) is 2.06. The average Bonchev–Trinajstić information content (AvgIpc) is 3.95. The summed E-state index contributed by atoms with van der Waals surface area (Å²) < 4.78 is 17.3. The first-order chi connectivity index (χ1) is 22.1. The first kappa shape index (κ1) is 32.2. The fraction of sp³-hybridized carbons (Fsp3) is 0.618. The molecular formula is C34H46FN7O4. The number of likely N-dealkylation sites (N-methyl/N-ethyl adjacent to an activating group) is 1. The Balaban J connectivity index is 1.19. The number of likely N-dealkylation sites (tertiary alicyclic amines) is 2. The van der Waals surface area contributed by atoms with Crippen molar-refractivity contribution in [2.24, 2.45) is 17.8 Å². The van der Waals surface area contributed by atoms with Gasteiger partial charge in [-0.25, -0.2) is 4.39 Å². The van der Waals surface area contributed by atoms with E-state index in [0.717, 1.165) is 38.6 Å². The zero-order chi connectivity index (χ0) is 32.7. The standard InChI is InChI=1S/C34H46FN7O4/c1-5-28(43)38-30(34(46)41-18-23-16-24(41)17-40(23)4)19(3)22-11-12-26(25(35)15-22)37-33(45)31(29(20-7-8-20)21-9-10-21)39-32(44)27-13-14-36-42(27)6-2/h11-15,19-21,23-24,29-31H,5-10,16-18H2,1-4H3,(H,37,45)(H,38,43)(H,39,44)/t19-,23+,24+,30+,31-/m0/s1. The Kier molecular flexibility index (Phi) is 9.18. The number of aromatic nitrogens is 2. The van der Waals surface area contributed by atoms with E-state index in [1.54, 1.807) is 29.9 Å². The second-order valence-corrected chi connectivity index (χ2v) is 13.6. The molecule has 5 atom stereocenters. The van der Waals surface area contributed by atoms with Gasteiger partial charge in [-0.05, 0) is 87.6 Å². The molecule has 2 aliphatic carbocycles. The normalized spacial score (nSPS) is 22.9. The molecule has 0 radical (unpaired) electrons. The van der Waals surface area contributed by atoms with Crippen LogP contribution in [-0.2, 0) is 20.9 Å². The maximum atomic E-state index is 15.7. The van der Waals surface area contributed by atoms with Gasteiger partial charge >= 0.3 is 0 Å². The predicted molar refractivity (Wildman–Crippen MR) is 170 cm³/mol. The Bertz CT molecular complexity index is 1470. The number of piperazine rings is 1. The van der Waals surface area contributed by atoms with Crippen LogP contribution in [0.4, 0.5) is 10.1 Å². The maximum absolute atomic E-state index is 15.7. The Morgan fingerprint density at radius 2 is 1.70 bits per heavy atom. The van der Waals surface area contributed by atoms with Crippen LogP contribution in [0.5, 0.6) is 0 Å². The average molecular weight is 636 g/mol. The van der Waals surface area contributed by atoms with Crippen LogP contribution in [0.3, 0.4) is 0 Å². The second kappa shape index (κ2) is 13.1. The fourth-order valence-electron chi connectivity index (χ4n) is 7.53. The molecule has 2 saturated heterocycles. The quantitative estimate of drug-likeness (QED) is 0.310. The Labute approximate surface area is 269 Å². The molecule has 1 aromatic carbocycles. The first-order valence-corrected chi connectivity index (χ1v) is 16.8. The van der Waals surface area contributed by atoms with Crippen molar-refractivity contribution in [2.45, 2.75) is 95.9 Å². The Morgan fingerprint density at radius 3 is 2.26 bits per heavy atom. The second-order valence-electron chi connectivity index (χ2n) is 13.6. The third-order valence-electron chi connectivity index (χ3n) is 10.5. The number of anilines is 1. The highest BCUT2D eigenvalue weighted by Crippen LogP contribution is 2.51. The summed E-state index contributed by atoms with van der Waals surface area (Å²) in [4.78, 5) is 57.5. The van der Waals surface area contributed by atoms with Gasteiger partial charge in [0.1, 0.15) is 23.6 Å². The molecule has 248 valence electrons. The summed E-state index contributed by atoms with van der Waals surface area (Å²) >= 11 is 0. The van der Waals surface area contributed by atoms with Gasteiger partial charge in [-0.1, -0.05) is 19.9 Å². The first-order valence-electron chi connectivity index (χ1n) is 16.8. The molecule has 4 fully saturated rings. The number of aryl methyl sites for hydroxylation is 1. The van der Waals surface area contributed by atoms with Crippen LogP contribution in [0.15, 0.2) is 30.5 Å². The van der Waals surface area contributed by atoms with Crippen LogP contribution < -0.4 is 16.0 Å². The van der Waals surface area contributed by atoms with Crippen LogP contribution in [0.2, 0.25) is 0 Å². The number of hydrogen-bond donors (Lipinski definition) is 3. The highest BCUT2D eigenvalue weighted by Gasteiger charge is 2.49. The van der Waals surface area contributed by atoms with Crippen LogP contribution in [0.1, 0.15) is 81.3 Å². The number of amides is 4. The number of halogens is 1. The minimum Gasteiger partial charge on any atom is -0.344 e. The van der Waals surface area contributed by atoms with Gasteiger partial charge in [0.15, 0.2) is 0 Å². The summed E-state index contributed by atoms with van der Waals surface area (Å²) in [6, 6.07) is 4.92. The minimum atomic E-state index is -0.842. The van der Waals surface area contributed by atoms with Gasteiger partial charge in [0.25, 0.3) is 5.91 Å². The molecular weight excluding hydrogens is 589 g/mol. The van der Waals surface area contributed by atoms with Crippen molar-refractivity contribution < 1.29 is 23.6 Å². The number of nitrogens with zero attached hydrogens (tertiary/aromatic N) is 4. The molecule has 6 rings (SSSR count). The number of carbonyl (C=O) groups is 4. The van der Waals surface area contributed by atoms with E-state index in [4.69, 9.17) is 0 Å². The van der Waals surface area contributed by atoms with Crippen molar-refractivity contribution in [2.75, 3.05) is 25.5 Å². The van der Waals surface area contributed by atoms with Gasteiger partial charge in [0, 0.05) is 50.3 Å². The van der Waals surface area contributed by atoms with Gasteiger partial charge in [-0.2, -0.15) is 5.10 Å². The molecule has 2 bridgehead atoms. The monoisotopic (exact) mass is 635 g/mol. The van der Waals surface area contributed by atoms with E-state index in [2.05, 4.69) is 33.0 Å². The van der Waals surface area contributed by atoms with Gasteiger partial charge in [0.2, 0.25) is 17.7 Å². The summed E-state index contributed by atoms with van der Waals surface area (Å²) in [6.45, 7) is 7.37. The SMILES string of the molecule is CCC(=O)N[C@@H](C(=O)N1C[C@H]2C[C@@H]1CN2C)[C@@H](C)c1ccc(NC(=O)[C@@H](NC(=O)c2ccnn2CC)C(C2CC2)C2CC2)c(F)c1. The number of benzene rings is 1. The summed E-state index contributed by atoms with van der Waals surface area (Å²) in [5, 5.41) is 12.8. The number of carbonyl (C=O) groups excluding carboxylic acids is 4. The highest BCUT2D eigenvalue weighted by molar-refractivity contribution is 6.01. The van der Waals surface area contributed by atoms with Gasteiger partial charge in [0.05, 0.1) is 5.69 Å². The third kappa shape index (κ3) is 6.54. The molecule has 2 saturated carbocycles. The lowest BCUT2D eigenvalue weighted by Crippen LogP contribution is -2.55. The summed E-state index contributed by atoms with van der Waals surface area (Å²) in [5.74, 6) is -1.68. The zero-order valence-electron chi connectivity index (χ0n) is 27.2. The molecule has 1 aromatic heterocycles. The predicted octanol–water partition coefficient (Wildman–Crippen LogP) is 3.13. The van der Waals surface area contributed by atoms with Crippen molar-refractivity contribution in [3.63, 3.8) is 0 Å². The smallest absolute Gasteiger partial charge is 0.270 e. The number of fused-ring (bicyclic) bond motifs is 2. The number of hydrogen-bond acceptors (Lipinski definition) is 6. The molecule has 4 amide bonds. The van der Waals surface area contributed by atoms with Crippen molar-refractivity contribution in [1.29, 1.82) is 0 Å². The molecule has 0 unspecified atom stereocenters. The van der Waals surface area contributed by atoms with E-state index in [0.29, 0.717) is 42.2 Å². The van der Waals surface area contributed by atoms with Crippen LogP contribution in [0, 0.1) is 23.6 Å². The van der Waals surface area contributed by atoms with E-state index in [9.17, 15) is 19.2 Å². The van der Waals surface area contributed by atoms with Crippen molar-refractivity contribution in [3.8, 4) is 0 Å².